The predicted octanol–water partition coefficient (Wildman–Crippen LogP) is 1.95. The monoisotopic (exact) mass is 267 g/mol. The molecule has 2 fully saturated rings. The number of esters is 1. The van der Waals surface area contributed by atoms with Gasteiger partial charge in [-0.05, 0) is 32.6 Å². The van der Waals surface area contributed by atoms with E-state index in [1.54, 1.807) is 0 Å². The molecule has 98 valence electrons. The standard InChI is InChI=1S/C12H17N3O2S/c1-2-17-11(16)9-4-3-7-15(9)12-13-10(14-18-12)8-5-6-8/h8-9H,2-7H2,1H3. The Bertz CT molecular complexity index is 444. The second kappa shape index (κ2) is 4.84. The maximum atomic E-state index is 11.9. The summed E-state index contributed by atoms with van der Waals surface area (Å²) in [5.74, 6) is 1.40. The molecule has 1 saturated carbocycles. The second-order valence-electron chi connectivity index (χ2n) is 4.81. The van der Waals surface area contributed by atoms with Crippen LogP contribution in [0.3, 0.4) is 0 Å². The highest BCUT2D eigenvalue weighted by atomic mass is 32.1. The number of aromatic nitrogens is 2. The maximum Gasteiger partial charge on any atom is 0.328 e. The van der Waals surface area contributed by atoms with Crippen LogP contribution in [0, 0.1) is 0 Å². The van der Waals surface area contributed by atoms with Gasteiger partial charge in [-0.25, -0.2) is 9.78 Å². The van der Waals surface area contributed by atoms with E-state index in [9.17, 15) is 4.79 Å². The highest BCUT2D eigenvalue weighted by Crippen LogP contribution is 2.40. The fourth-order valence-corrected chi connectivity index (χ4v) is 3.15. The lowest BCUT2D eigenvalue weighted by atomic mass is 10.2. The van der Waals surface area contributed by atoms with Crippen molar-refractivity contribution in [3.05, 3.63) is 5.82 Å². The molecule has 1 aromatic rings. The second-order valence-corrected chi connectivity index (χ2v) is 5.54. The van der Waals surface area contributed by atoms with E-state index in [-0.39, 0.29) is 12.0 Å². The van der Waals surface area contributed by atoms with Gasteiger partial charge in [0.25, 0.3) is 0 Å². The highest BCUT2D eigenvalue weighted by molar-refractivity contribution is 7.09. The third-order valence-electron chi connectivity index (χ3n) is 3.43. The van der Waals surface area contributed by atoms with Crippen molar-refractivity contribution in [3.8, 4) is 0 Å². The van der Waals surface area contributed by atoms with E-state index in [1.807, 2.05) is 6.92 Å². The average Bonchev–Trinajstić information content (AvgIpc) is 2.93. The van der Waals surface area contributed by atoms with Gasteiger partial charge in [0, 0.05) is 24.0 Å². The lowest BCUT2D eigenvalue weighted by Gasteiger charge is -2.21. The van der Waals surface area contributed by atoms with Gasteiger partial charge in [0.05, 0.1) is 6.61 Å². The molecule has 3 rings (SSSR count). The number of nitrogens with zero attached hydrogens (tertiary/aromatic N) is 3. The van der Waals surface area contributed by atoms with Crippen molar-refractivity contribution in [1.82, 2.24) is 9.36 Å². The summed E-state index contributed by atoms with van der Waals surface area (Å²) in [6.07, 6.45) is 4.29. The van der Waals surface area contributed by atoms with Crippen LogP contribution in [0.1, 0.15) is 44.3 Å². The molecule has 2 aliphatic rings. The van der Waals surface area contributed by atoms with E-state index < -0.39 is 0 Å². The molecule has 6 heteroatoms. The number of hydrogen-bond donors (Lipinski definition) is 0. The van der Waals surface area contributed by atoms with Crippen LogP contribution >= 0.6 is 11.5 Å². The first-order valence-electron chi connectivity index (χ1n) is 6.56. The van der Waals surface area contributed by atoms with Crippen molar-refractivity contribution in [2.75, 3.05) is 18.1 Å². The Balaban J connectivity index is 1.74. The van der Waals surface area contributed by atoms with E-state index in [0.29, 0.717) is 12.5 Å². The lowest BCUT2D eigenvalue weighted by Crippen LogP contribution is -2.37. The molecule has 0 aromatic carbocycles. The number of ether oxygens (including phenoxy) is 1. The van der Waals surface area contributed by atoms with Crippen LogP contribution in [0.4, 0.5) is 5.13 Å². The van der Waals surface area contributed by atoms with Gasteiger partial charge in [-0.1, -0.05) is 0 Å². The summed E-state index contributed by atoms with van der Waals surface area (Å²) in [6.45, 7) is 3.16. The Morgan fingerprint density at radius 2 is 2.33 bits per heavy atom. The first-order valence-corrected chi connectivity index (χ1v) is 7.34. The normalized spacial score (nSPS) is 23.4. The van der Waals surface area contributed by atoms with E-state index in [2.05, 4.69) is 14.3 Å². The third kappa shape index (κ3) is 2.21. The van der Waals surface area contributed by atoms with Crippen molar-refractivity contribution < 1.29 is 9.53 Å². The van der Waals surface area contributed by atoms with Crippen molar-refractivity contribution in [2.45, 2.75) is 44.6 Å². The smallest absolute Gasteiger partial charge is 0.328 e. The Morgan fingerprint density at radius 3 is 3.06 bits per heavy atom. The maximum absolute atomic E-state index is 11.9. The van der Waals surface area contributed by atoms with Crippen molar-refractivity contribution in [3.63, 3.8) is 0 Å². The molecular weight excluding hydrogens is 250 g/mol. The molecule has 5 nitrogen and oxygen atoms in total. The summed E-state index contributed by atoms with van der Waals surface area (Å²) in [7, 11) is 0. The fraction of sp³-hybridized carbons (Fsp3) is 0.750. The van der Waals surface area contributed by atoms with Crippen LogP contribution in [0.15, 0.2) is 0 Å². The Labute approximate surface area is 110 Å². The first-order chi connectivity index (χ1) is 8.79. The fourth-order valence-electron chi connectivity index (χ4n) is 2.33. The minimum absolute atomic E-state index is 0.127. The number of carbonyl (C=O) groups excluding carboxylic acids is 1. The quantitative estimate of drug-likeness (QED) is 0.780. The largest absolute Gasteiger partial charge is 0.464 e. The van der Waals surface area contributed by atoms with Gasteiger partial charge in [-0.15, -0.1) is 0 Å². The number of carbonyl (C=O) groups is 1. The van der Waals surface area contributed by atoms with Gasteiger partial charge in [0.1, 0.15) is 11.9 Å². The molecule has 1 aliphatic carbocycles. The van der Waals surface area contributed by atoms with Crippen LogP contribution < -0.4 is 4.90 Å². The molecule has 1 unspecified atom stereocenters. The summed E-state index contributed by atoms with van der Waals surface area (Å²) < 4.78 is 9.52. The molecule has 1 aliphatic heterocycles. The Hall–Kier alpha value is -1.17. The molecular formula is C12H17N3O2S. The van der Waals surface area contributed by atoms with Crippen molar-refractivity contribution in [2.24, 2.45) is 0 Å². The summed E-state index contributed by atoms with van der Waals surface area (Å²) in [5.41, 5.74) is 0. The van der Waals surface area contributed by atoms with Crippen LogP contribution in [0.2, 0.25) is 0 Å². The Morgan fingerprint density at radius 1 is 1.50 bits per heavy atom. The van der Waals surface area contributed by atoms with Crippen molar-refractivity contribution >= 4 is 22.6 Å². The molecule has 0 N–H and O–H groups in total. The van der Waals surface area contributed by atoms with E-state index in [1.165, 1.54) is 24.4 Å². The predicted molar refractivity (Wildman–Crippen MR) is 68.9 cm³/mol. The SMILES string of the molecule is CCOC(=O)C1CCCN1c1nc(C2CC2)ns1. The van der Waals surface area contributed by atoms with Gasteiger partial charge in [-0.3, -0.25) is 0 Å². The molecule has 1 aromatic heterocycles. The third-order valence-corrected chi connectivity index (χ3v) is 4.20. The number of rotatable bonds is 4. The van der Waals surface area contributed by atoms with Crippen LogP contribution in [-0.4, -0.2) is 34.5 Å². The molecule has 2 heterocycles. The zero-order valence-electron chi connectivity index (χ0n) is 10.5. The van der Waals surface area contributed by atoms with Crippen LogP contribution in [-0.2, 0) is 9.53 Å². The molecule has 0 spiro atoms. The van der Waals surface area contributed by atoms with Gasteiger partial charge < -0.3 is 9.64 Å². The molecule has 0 radical (unpaired) electrons. The molecule has 1 saturated heterocycles. The van der Waals surface area contributed by atoms with Gasteiger partial charge in [0.2, 0.25) is 5.13 Å². The molecule has 0 bridgehead atoms. The Kier molecular flexibility index (Phi) is 3.20. The van der Waals surface area contributed by atoms with Crippen molar-refractivity contribution in [1.29, 1.82) is 0 Å². The van der Waals surface area contributed by atoms with Gasteiger partial charge in [-0.2, -0.15) is 4.37 Å². The summed E-state index contributed by atoms with van der Waals surface area (Å²) in [5, 5.41) is 0.882. The topological polar surface area (TPSA) is 55.3 Å². The van der Waals surface area contributed by atoms with Gasteiger partial charge in [0.15, 0.2) is 0 Å². The lowest BCUT2D eigenvalue weighted by molar-refractivity contribution is -0.144. The zero-order valence-corrected chi connectivity index (χ0v) is 11.3. The van der Waals surface area contributed by atoms with Crippen LogP contribution in [0.25, 0.3) is 0 Å². The van der Waals surface area contributed by atoms with E-state index in [0.717, 1.165) is 30.3 Å². The summed E-state index contributed by atoms with van der Waals surface area (Å²) in [6, 6.07) is -0.162. The van der Waals surface area contributed by atoms with Crippen LogP contribution in [0.5, 0.6) is 0 Å². The molecule has 1 atom stereocenters. The average molecular weight is 267 g/mol. The highest BCUT2D eigenvalue weighted by Gasteiger charge is 2.35. The van der Waals surface area contributed by atoms with E-state index >= 15 is 0 Å². The number of hydrogen-bond acceptors (Lipinski definition) is 6. The molecule has 0 amide bonds. The van der Waals surface area contributed by atoms with E-state index in [4.69, 9.17) is 4.74 Å². The minimum Gasteiger partial charge on any atom is -0.464 e. The summed E-state index contributed by atoms with van der Waals surface area (Å²) >= 11 is 1.41. The minimum atomic E-state index is -0.162. The first kappa shape index (κ1) is 11.9. The summed E-state index contributed by atoms with van der Waals surface area (Å²) in [4.78, 5) is 18.5. The number of anilines is 1. The molecule has 18 heavy (non-hydrogen) atoms. The zero-order chi connectivity index (χ0) is 12.5. The van der Waals surface area contributed by atoms with Gasteiger partial charge >= 0.3 is 5.97 Å².